The second-order valence-corrected chi connectivity index (χ2v) is 35.5. The predicted molar refractivity (Wildman–Crippen MR) is 582 cm³/mol. The van der Waals surface area contributed by atoms with Gasteiger partial charge in [0.25, 0.3) is 0 Å². The zero-order chi connectivity index (χ0) is 94.7. The van der Waals surface area contributed by atoms with Crippen LogP contribution in [-0.2, 0) is 29.7 Å². The first-order valence-corrected chi connectivity index (χ1v) is 47.1. The molecule has 0 saturated heterocycles. The molecule has 10 nitrogen and oxygen atoms in total. The van der Waals surface area contributed by atoms with Gasteiger partial charge >= 0.3 is 20.1 Å². The van der Waals surface area contributed by atoms with Crippen molar-refractivity contribution in [2.75, 3.05) is 19.6 Å². The minimum atomic E-state index is -0.305. The number of anilines is 12. The predicted octanol–water partition coefficient (Wildman–Crippen LogP) is 34.7. The summed E-state index contributed by atoms with van der Waals surface area (Å²) in [5, 5.41) is 25.9. The molecule has 0 aliphatic rings. The molecule has 2 aromatic heterocycles. The van der Waals surface area contributed by atoms with E-state index in [4.69, 9.17) is 19.9 Å². The zero-order valence-electron chi connectivity index (χ0n) is 77.1. The van der Waals surface area contributed by atoms with Crippen LogP contribution in [0.1, 0.15) is 20.3 Å². The van der Waals surface area contributed by atoms with E-state index >= 15 is 0 Å². The van der Waals surface area contributed by atoms with Crippen LogP contribution >= 0.6 is 0 Å². The molecular formula is C129H84F2IrN8O2+. The van der Waals surface area contributed by atoms with Crippen molar-refractivity contribution in [1.29, 1.82) is 0 Å². The van der Waals surface area contributed by atoms with Crippen molar-refractivity contribution in [3.05, 3.63) is 485 Å². The molecule has 142 heavy (non-hydrogen) atoms. The van der Waals surface area contributed by atoms with E-state index in [1.165, 1.54) is 38.1 Å². The van der Waals surface area contributed by atoms with Crippen molar-refractivity contribution in [2.45, 2.75) is 20.3 Å². The van der Waals surface area contributed by atoms with Crippen molar-refractivity contribution in [2.24, 2.45) is 0 Å². The van der Waals surface area contributed by atoms with Gasteiger partial charge in [-0.25, -0.2) is 8.78 Å². The second-order valence-electron chi connectivity index (χ2n) is 35.5. The van der Waals surface area contributed by atoms with Crippen molar-refractivity contribution >= 4 is 231 Å². The normalized spacial score (nSPS) is 11.4. The van der Waals surface area contributed by atoms with Gasteiger partial charge in [-0.15, -0.1) is 47.2 Å². The number of carbonyl (C=O) groups is 2. The third-order valence-electron chi connectivity index (χ3n) is 26.7. The summed E-state index contributed by atoms with van der Waals surface area (Å²) < 4.78 is 28.8. The topological polar surface area (TPSA) is 98.7 Å². The first-order valence-electron chi connectivity index (χ1n) is 47.1. The van der Waals surface area contributed by atoms with Crippen LogP contribution in [0.15, 0.2) is 461 Å². The fraction of sp³-hybridized carbons (Fsp3) is 0.0233. The van der Waals surface area contributed by atoms with Crippen molar-refractivity contribution in [3.63, 3.8) is 0 Å². The van der Waals surface area contributed by atoms with E-state index in [1.54, 1.807) is 24.3 Å². The number of benzene rings is 24. The summed E-state index contributed by atoms with van der Waals surface area (Å²) in [7, 11) is 0. The first kappa shape index (κ1) is 88.1. The molecule has 2 heterocycles. The molecule has 26 aromatic rings. The number of nitrogens with zero attached hydrogens (tertiary/aromatic N) is 8. The van der Waals surface area contributed by atoms with Gasteiger partial charge in [0.1, 0.15) is 23.2 Å². The number of para-hydroxylation sites is 4. The smallest absolute Gasteiger partial charge is 0.327 e. The molecule has 0 unspecified atom stereocenters. The van der Waals surface area contributed by atoms with Gasteiger partial charge in [0.2, 0.25) is 0 Å². The van der Waals surface area contributed by atoms with Crippen molar-refractivity contribution in [1.82, 2.24) is 19.9 Å². The number of rotatable bonds is 16. The number of carbonyl (C=O) groups excluding carboxylic acids is 2. The van der Waals surface area contributed by atoms with Gasteiger partial charge in [-0.1, -0.05) is 302 Å². The molecule has 0 radical (unpaired) electrons. The summed E-state index contributed by atoms with van der Waals surface area (Å²) in [5.41, 5.74) is 17.7. The number of ketones is 2. The van der Waals surface area contributed by atoms with E-state index in [0.29, 0.717) is 22.4 Å². The number of Topliss-reactive ketones (excluding diaryl/α,β-unsaturated/α-hetero) is 2. The fourth-order valence-electron chi connectivity index (χ4n) is 20.6. The standard InChI is InChI=1S/2C62H38FN4.C5H8O2.Ir/c2*63-45-32-30-40(31-33-45)56-39-64-59-55-38-48(66(46-20-3-1-4-21-46)61-49-24-11-7-16-41(49)36-42-17-8-12-25-50(42)61)34-35-53(55)54-28-15-29-57(58(54)60(59)65-56)67(47-22-5-2-6-23-47)62-51-26-13-9-18-43(51)37-44-19-10-14-27-52(44)62;1-4(6)3-5(2)7;/h2*1-37,39H;3H2,1-2H3;/q2*-1;;+3. The fourth-order valence-corrected chi connectivity index (χ4v) is 20.6. The molecule has 0 saturated carbocycles. The summed E-state index contributed by atoms with van der Waals surface area (Å²) in [6.45, 7) is 2.81. The monoisotopic (exact) mass is 2010 g/mol. The number of hydrogen-bond acceptors (Lipinski definition) is 10. The Morgan fingerprint density at radius 2 is 0.500 bits per heavy atom. The van der Waals surface area contributed by atoms with Crippen LogP contribution in [0.3, 0.4) is 0 Å². The van der Waals surface area contributed by atoms with Crippen molar-refractivity contribution in [3.8, 4) is 22.5 Å². The molecule has 674 valence electrons. The number of aromatic nitrogens is 4. The summed E-state index contributed by atoms with van der Waals surface area (Å²) in [5.74, 6) is -0.734. The summed E-state index contributed by atoms with van der Waals surface area (Å²) in [4.78, 5) is 51.2. The van der Waals surface area contributed by atoms with Crippen LogP contribution < -0.4 is 19.6 Å². The van der Waals surface area contributed by atoms with E-state index in [-0.39, 0.29) is 49.7 Å². The SMILES string of the molecule is CC(=O)CC(C)=O.Fc1ccc(-c2cnc3c4[c-]c(N(c5ccccc5)c5c6ccccc6cc6ccccc56)ccc4c4cccc(N(c5ccccc5)c5c6ccccc6cc6ccccc56)c4c3n2)cc1.Fc1ccc(-c2cnc3c4[c-]c(N(c5ccccc5)c5c6ccccc6cc6ccccc56)ccc4c4cccc(N(c5ccccc5)c5c6ccccc6cc6ccccc56)c4c3n2)cc1.[Ir+3]. The molecule has 0 bridgehead atoms. The minimum Gasteiger partial charge on any atom is -0.327 e. The Balaban J connectivity index is 0.000000147. The van der Waals surface area contributed by atoms with Gasteiger partial charge in [0.15, 0.2) is 0 Å². The van der Waals surface area contributed by atoms with E-state index in [2.05, 4.69) is 432 Å². The summed E-state index contributed by atoms with van der Waals surface area (Å²) in [6, 6.07) is 163. The van der Waals surface area contributed by atoms with Crippen LogP contribution in [0.5, 0.6) is 0 Å². The maximum Gasteiger partial charge on any atom is 3.00 e. The molecule has 0 spiro atoms. The molecule has 0 fully saturated rings. The number of fused-ring (bicyclic) bond motifs is 20. The van der Waals surface area contributed by atoms with E-state index < -0.39 is 0 Å². The Morgan fingerprint density at radius 3 is 0.768 bits per heavy atom. The molecule has 0 amide bonds. The van der Waals surface area contributed by atoms with Gasteiger partial charge in [0.05, 0.1) is 63.0 Å². The van der Waals surface area contributed by atoms with E-state index in [9.17, 15) is 18.4 Å². The quantitative estimate of drug-likeness (QED) is 0.0402. The molecule has 26 rings (SSSR count). The van der Waals surface area contributed by atoms with E-state index in [0.717, 1.165) is 220 Å². The van der Waals surface area contributed by atoms with Crippen LogP contribution in [0.25, 0.3) is 174 Å². The maximum atomic E-state index is 14.4. The van der Waals surface area contributed by atoms with Gasteiger partial charge < -0.3 is 29.6 Å². The van der Waals surface area contributed by atoms with Gasteiger partial charge in [-0.3, -0.25) is 19.6 Å². The molecule has 0 N–H and O–H groups in total. The van der Waals surface area contributed by atoms with Crippen molar-refractivity contribution < 1.29 is 38.5 Å². The minimum absolute atomic E-state index is 0. The van der Waals surface area contributed by atoms with Crippen LogP contribution in [0.4, 0.5) is 77.0 Å². The Kier molecular flexibility index (Phi) is 23.3. The van der Waals surface area contributed by atoms with Gasteiger partial charge in [-0.05, 0) is 213 Å². The zero-order valence-corrected chi connectivity index (χ0v) is 79.5. The van der Waals surface area contributed by atoms with Gasteiger partial charge in [-0.2, -0.15) is 0 Å². The van der Waals surface area contributed by atoms with Crippen LogP contribution in [0, 0.1) is 23.8 Å². The third-order valence-corrected chi connectivity index (χ3v) is 26.7. The summed E-state index contributed by atoms with van der Waals surface area (Å²) in [6.07, 6.45) is 3.70. The maximum absolute atomic E-state index is 14.4. The molecule has 0 aliphatic heterocycles. The first-order chi connectivity index (χ1) is 69.4. The molecule has 0 atom stereocenters. The average Bonchev–Trinajstić information content (AvgIpc) is 0.714. The third kappa shape index (κ3) is 16.1. The number of hydrogen-bond donors (Lipinski definition) is 0. The number of halogens is 2. The second kappa shape index (κ2) is 37.6. The largest absolute Gasteiger partial charge is 3.00 e. The molecule has 13 heteroatoms. The van der Waals surface area contributed by atoms with Crippen LogP contribution in [-0.4, -0.2) is 31.5 Å². The average molecular weight is 2010 g/mol. The Hall–Kier alpha value is -17.9. The Labute approximate surface area is 830 Å². The Bertz CT molecular complexity index is 8710. The van der Waals surface area contributed by atoms with Gasteiger partial charge in [0, 0.05) is 111 Å². The summed E-state index contributed by atoms with van der Waals surface area (Å²) >= 11 is 0. The molecule has 24 aromatic carbocycles. The Morgan fingerprint density at radius 1 is 0.254 bits per heavy atom. The van der Waals surface area contributed by atoms with Crippen LogP contribution in [0.2, 0.25) is 0 Å². The molecular weight excluding hydrogens is 1920 g/mol. The van der Waals surface area contributed by atoms with E-state index in [1.807, 2.05) is 12.4 Å². The molecule has 0 aliphatic carbocycles.